The number of amides is 1. The number of hydrogen-bond acceptors (Lipinski definition) is 4. The van der Waals surface area contributed by atoms with Gasteiger partial charge in [-0.15, -0.1) is 11.3 Å². The summed E-state index contributed by atoms with van der Waals surface area (Å²) in [5, 5.41) is 0. The fourth-order valence-electron chi connectivity index (χ4n) is 2.99. The maximum absolute atomic E-state index is 12.8. The first kappa shape index (κ1) is 16.9. The van der Waals surface area contributed by atoms with Crippen LogP contribution in [0.25, 0.3) is 21.6 Å². The first-order valence-corrected chi connectivity index (χ1v) is 8.98. The van der Waals surface area contributed by atoms with Gasteiger partial charge < -0.3 is 4.90 Å². The number of aryl methyl sites for hydroxylation is 1. The van der Waals surface area contributed by atoms with Crippen LogP contribution in [0.1, 0.15) is 17.7 Å². The number of carbonyl (C=O) groups is 1. The molecule has 1 aliphatic heterocycles. The van der Waals surface area contributed by atoms with E-state index in [1.54, 1.807) is 30.3 Å². The SMILES string of the molecule is Cn1c(=O)n(CC(=O)N2CCC2)c2cc(-c3ccc(C(F)F)s3)cnc21. The number of thiophene rings is 1. The lowest BCUT2D eigenvalue weighted by molar-refractivity contribution is -0.135. The molecule has 1 fully saturated rings. The van der Waals surface area contributed by atoms with Gasteiger partial charge in [-0.25, -0.2) is 18.6 Å². The molecule has 3 aromatic heterocycles. The van der Waals surface area contributed by atoms with Crippen molar-refractivity contribution in [2.24, 2.45) is 7.05 Å². The van der Waals surface area contributed by atoms with Crippen molar-refractivity contribution in [1.82, 2.24) is 19.0 Å². The predicted octanol–water partition coefficient (Wildman–Crippen LogP) is 2.63. The minimum atomic E-state index is -2.52. The molecular formula is C17H16F2N4O2S. The molecule has 0 aliphatic carbocycles. The second-order valence-corrected chi connectivity index (χ2v) is 7.35. The van der Waals surface area contributed by atoms with Crippen LogP contribution >= 0.6 is 11.3 Å². The second-order valence-electron chi connectivity index (χ2n) is 6.23. The Labute approximate surface area is 151 Å². The Hall–Kier alpha value is -2.55. The first-order valence-electron chi connectivity index (χ1n) is 8.17. The largest absolute Gasteiger partial charge is 0.341 e. The molecule has 0 spiro atoms. The van der Waals surface area contributed by atoms with Gasteiger partial charge in [0, 0.05) is 36.8 Å². The topological polar surface area (TPSA) is 60.1 Å². The van der Waals surface area contributed by atoms with Crippen LogP contribution in [0.4, 0.5) is 8.78 Å². The van der Waals surface area contributed by atoms with Crippen LogP contribution in [0.2, 0.25) is 0 Å². The molecule has 0 saturated carbocycles. The number of pyridine rings is 1. The fourth-order valence-corrected chi connectivity index (χ4v) is 3.84. The van der Waals surface area contributed by atoms with Crippen LogP contribution in [0, 0.1) is 0 Å². The number of imidazole rings is 1. The maximum Gasteiger partial charge on any atom is 0.330 e. The Morgan fingerprint density at radius 2 is 2.12 bits per heavy atom. The molecule has 9 heteroatoms. The van der Waals surface area contributed by atoms with E-state index in [0.29, 0.717) is 34.7 Å². The van der Waals surface area contributed by atoms with E-state index >= 15 is 0 Å². The number of halogens is 2. The van der Waals surface area contributed by atoms with Crippen LogP contribution in [0.15, 0.2) is 29.2 Å². The van der Waals surface area contributed by atoms with E-state index in [2.05, 4.69) is 4.98 Å². The number of carbonyl (C=O) groups excluding carboxylic acids is 1. The summed E-state index contributed by atoms with van der Waals surface area (Å²) in [6.07, 6.45) is 0.0199. The minimum Gasteiger partial charge on any atom is -0.341 e. The molecule has 0 atom stereocenters. The molecular weight excluding hydrogens is 362 g/mol. The van der Waals surface area contributed by atoms with Crippen molar-refractivity contribution in [1.29, 1.82) is 0 Å². The molecule has 6 nitrogen and oxygen atoms in total. The van der Waals surface area contributed by atoms with Gasteiger partial charge in [-0.3, -0.25) is 13.9 Å². The molecule has 0 unspecified atom stereocenters. The van der Waals surface area contributed by atoms with Gasteiger partial charge in [0.25, 0.3) is 6.43 Å². The van der Waals surface area contributed by atoms with Crippen LogP contribution in [0.5, 0.6) is 0 Å². The predicted molar refractivity (Wildman–Crippen MR) is 94.4 cm³/mol. The molecule has 3 aromatic rings. The highest BCUT2D eigenvalue weighted by Gasteiger charge is 2.23. The Bertz CT molecular complexity index is 1050. The monoisotopic (exact) mass is 378 g/mol. The van der Waals surface area contributed by atoms with Gasteiger partial charge in [0.2, 0.25) is 5.91 Å². The summed E-state index contributed by atoms with van der Waals surface area (Å²) in [7, 11) is 1.60. The molecule has 1 aliphatic rings. The number of aromatic nitrogens is 3. The van der Waals surface area contributed by atoms with Gasteiger partial charge in [0.1, 0.15) is 6.54 Å². The zero-order valence-corrected chi connectivity index (χ0v) is 14.8. The number of nitrogens with zero attached hydrogens (tertiary/aromatic N) is 4. The van der Waals surface area contributed by atoms with Gasteiger partial charge in [-0.2, -0.15) is 0 Å². The highest BCUT2D eigenvalue weighted by Crippen LogP contribution is 2.34. The van der Waals surface area contributed by atoms with Crippen LogP contribution in [-0.2, 0) is 18.4 Å². The molecule has 0 bridgehead atoms. The quantitative estimate of drug-likeness (QED) is 0.701. The van der Waals surface area contributed by atoms with Crippen molar-refractivity contribution in [3.05, 3.63) is 39.8 Å². The fraction of sp³-hybridized carbons (Fsp3) is 0.353. The Kier molecular flexibility index (Phi) is 4.10. The molecule has 1 amide bonds. The summed E-state index contributed by atoms with van der Waals surface area (Å²) < 4.78 is 28.5. The van der Waals surface area contributed by atoms with Crippen molar-refractivity contribution >= 4 is 28.4 Å². The first-order chi connectivity index (χ1) is 12.5. The number of rotatable bonds is 4. The Balaban J connectivity index is 1.77. The summed E-state index contributed by atoms with van der Waals surface area (Å²) in [5.41, 5.74) is 1.31. The van der Waals surface area contributed by atoms with Crippen molar-refractivity contribution in [2.45, 2.75) is 19.4 Å². The van der Waals surface area contributed by atoms with E-state index in [4.69, 9.17) is 0 Å². The number of alkyl halides is 2. The van der Waals surface area contributed by atoms with Crippen LogP contribution in [0.3, 0.4) is 0 Å². The average molecular weight is 378 g/mol. The summed E-state index contributed by atoms with van der Waals surface area (Å²) >= 11 is 0.992. The maximum atomic E-state index is 12.8. The van der Waals surface area contributed by atoms with E-state index in [1.807, 2.05) is 0 Å². The van der Waals surface area contributed by atoms with Crippen molar-refractivity contribution < 1.29 is 13.6 Å². The number of likely N-dealkylation sites (tertiary alicyclic amines) is 1. The lowest BCUT2D eigenvalue weighted by Gasteiger charge is -2.30. The third kappa shape index (κ3) is 2.72. The molecule has 4 rings (SSSR count). The molecule has 1 saturated heterocycles. The summed E-state index contributed by atoms with van der Waals surface area (Å²) in [4.78, 5) is 31.5. The van der Waals surface area contributed by atoms with Crippen molar-refractivity contribution in [3.8, 4) is 10.4 Å². The van der Waals surface area contributed by atoms with E-state index in [9.17, 15) is 18.4 Å². The highest BCUT2D eigenvalue weighted by atomic mass is 32.1. The summed E-state index contributed by atoms with van der Waals surface area (Å²) in [6.45, 7) is 1.38. The van der Waals surface area contributed by atoms with E-state index in [-0.39, 0.29) is 23.0 Å². The second kappa shape index (κ2) is 6.31. The molecule has 26 heavy (non-hydrogen) atoms. The van der Waals surface area contributed by atoms with Gasteiger partial charge in [0.15, 0.2) is 5.65 Å². The normalized spacial score (nSPS) is 14.2. The average Bonchev–Trinajstić information content (AvgIpc) is 3.14. The zero-order chi connectivity index (χ0) is 18.4. The van der Waals surface area contributed by atoms with Crippen molar-refractivity contribution in [2.75, 3.05) is 13.1 Å². The van der Waals surface area contributed by atoms with Gasteiger partial charge in [-0.05, 0) is 24.6 Å². The van der Waals surface area contributed by atoms with Crippen molar-refractivity contribution in [3.63, 3.8) is 0 Å². The lowest BCUT2D eigenvalue weighted by Crippen LogP contribution is -2.44. The lowest BCUT2D eigenvalue weighted by atomic mass is 10.2. The number of fused-ring (bicyclic) bond motifs is 1. The zero-order valence-electron chi connectivity index (χ0n) is 14.0. The summed E-state index contributed by atoms with van der Waals surface area (Å²) in [6, 6.07) is 4.74. The molecule has 0 radical (unpaired) electrons. The molecule has 0 aromatic carbocycles. The van der Waals surface area contributed by atoms with Gasteiger partial charge in [-0.1, -0.05) is 0 Å². The van der Waals surface area contributed by atoms with E-state index in [1.165, 1.54) is 15.2 Å². The highest BCUT2D eigenvalue weighted by molar-refractivity contribution is 7.15. The van der Waals surface area contributed by atoms with Gasteiger partial charge in [0.05, 0.1) is 10.4 Å². The van der Waals surface area contributed by atoms with Crippen LogP contribution < -0.4 is 5.69 Å². The molecule has 136 valence electrons. The van der Waals surface area contributed by atoms with E-state index < -0.39 is 6.43 Å². The Morgan fingerprint density at radius 3 is 2.73 bits per heavy atom. The van der Waals surface area contributed by atoms with E-state index in [0.717, 1.165) is 17.8 Å². The number of hydrogen-bond donors (Lipinski definition) is 0. The standard InChI is InChI=1S/C17H16F2N4O2S/c1-21-16-11(23(17(21)25)9-14(24)22-5-2-6-22)7-10(8-20-16)12-3-4-13(26-12)15(18)19/h3-4,7-8,15H,2,5-6,9H2,1H3. The smallest absolute Gasteiger partial charge is 0.330 e. The summed E-state index contributed by atoms with van der Waals surface area (Å²) in [5.74, 6) is -0.104. The third-order valence-corrected chi connectivity index (χ3v) is 5.74. The minimum absolute atomic E-state index is 0.0153. The third-order valence-electron chi connectivity index (χ3n) is 4.60. The van der Waals surface area contributed by atoms with Gasteiger partial charge >= 0.3 is 5.69 Å². The molecule has 4 heterocycles. The Morgan fingerprint density at radius 1 is 1.35 bits per heavy atom. The molecule has 0 N–H and O–H groups in total. The van der Waals surface area contributed by atoms with Crippen LogP contribution in [-0.4, -0.2) is 38.0 Å².